The quantitative estimate of drug-likeness (QED) is 0.844. The minimum Gasteiger partial charge on any atom is -0.331 e. The van der Waals surface area contributed by atoms with Crippen molar-refractivity contribution in [2.45, 2.75) is 19.4 Å². The van der Waals surface area contributed by atoms with Crippen LogP contribution in [-0.2, 0) is 4.79 Å². The number of rotatable bonds is 2. The maximum Gasteiger partial charge on any atom is 0.318 e. The van der Waals surface area contributed by atoms with E-state index in [-0.39, 0.29) is 24.4 Å². The van der Waals surface area contributed by atoms with Crippen molar-refractivity contribution >= 4 is 11.8 Å². The number of carbonyl (C=O) groups excluding carboxylic acids is 2. The van der Waals surface area contributed by atoms with E-state index in [0.29, 0.717) is 13.0 Å². The van der Waals surface area contributed by atoms with E-state index in [1.807, 2.05) is 37.3 Å². The summed E-state index contributed by atoms with van der Waals surface area (Å²) in [5, 5.41) is 2.89. The number of hydrogen-bond donors (Lipinski definition) is 1. The molecule has 2 rings (SSSR count). The van der Waals surface area contributed by atoms with Gasteiger partial charge in [-0.15, -0.1) is 0 Å². The van der Waals surface area contributed by atoms with Gasteiger partial charge in [0.15, 0.2) is 5.78 Å². The lowest BCUT2D eigenvalue weighted by Gasteiger charge is -2.20. The Hall–Kier alpha value is -1.84. The summed E-state index contributed by atoms with van der Waals surface area (Å²) < 4.78 is 0. The van der Waals surface area contributed by atoms with E-state index in [4.69, 9.17) is 0 Å². The smallest absolute Gasteiger partial charge is 0.318 e. The number of benzene rings is 1. The van der Waals surface area contributed by atoms with Gasteiger partial charge in [0.25, 0.3) is 0 Å². The number of nitrogens with zero attached hydrogens (tertiary/aromatic N) is 1. The van der Waals surface area contributed by atoms with Gasteiger partial charge in [0, 0.05) is 13.0 Å². The molecular formula is C13H16N2O2. The Balaban J connectivity index is 1.93. The first-order valence-electron chi connectivity index (χ1n) is 5.79. The van der Waals surface area contributed by atoms with Gasteiger partial charge in [0.05, 0.1) is 12.6 Å². The molecule has 0 aromatic heterocycles. The second-order valence-electron chi connectivity index (χ2n) is 4.29. The fourth-order valence-electron chi connectivity index (χ4n) is 1.91. The Morgan fingerprint density at radius 2 is 2.06 bits per heavy atom. The molecule has 4 heteroatoms. The second-order valence-corrected chi connectivity index (χ2v) is 4.29. The monoisotopic (exact) mass is 232 g/mol. The maximum atomic E-state index is 11.8. The SMILES string of the molecule is CC(NC(=O)N1CCC(=O)C1)c1ccccc1. The van der Waals surface area contributed by atoms with Crippen molar-refractivity contribution in [3.63, 3.8) is 0 Å². The Bertz CT molecular complexity index is 417. The van der Waals surface area contributed by atoms with Gasteiger partial charge in [0.1, 0.15) is 0 Å². The summed E-state index contributed by atoms with van der Waals surface area (Å²) >= 11 is 0. The third kappa shape index (κ3) is 2.84. The third-order valence-corrected chi connectivity index (χ3v) is 2.95. The van der Waals surface area contributed by atoms with Crippen molar-refractivity contribution < 1.29 is 9.59 Å². The topological polar surface area (TPSA) is 49.4 Å². The summed E-state index contributed by atoms with van der Waals surface area (Å²) in [6.07, 6.45) is 0.479. The number of urea groups is 1. The predicted octanol–water partition coefficient (Wildman–Crippen LogP) is 1.73. The summed E-state index contributed by atoms with van der Waals surface area (Å²) in [5.41, 5.74) is 1.06. The molecule has 4 nitrogen and oxygen atoms in total. The minimum absolute atomic E-state index is 0.0422. The van der Waals surface area contributed by atoms with Gasteiger partial charge < -0.3 is 10.2 Å². The van der Waals surface area contributed by atoms with Gasteiger partial charge in [0.2, 0.25) is 0 Å². The van der Waals surface area contributed by atoms with Crippen LogP contribution in [0.5, 0.6) is 0 Å². The molecule has 90 valence electrons. The number of ketones is 1. The summed E-state index contributed by atoms with van der Waals surface area (Å²) in [7, 11) is 0. The molecule has 2 amide bonds. The highest BCUT2D eigenvalue weighted by Gasteiger charge is 2.24. The lowest BCUT2D eigenvalue weighted by molar-refractivity contribution is -0.116. The molecule has 1 saturated heterocycles. The van der Waals surface area contributed by atoms with Crippen molar-refractivity contribution in [2.24, 2.45) is 0 Å². The summed E-state index contributed by atoms with van der Waals surface area (Å²) in [6.45, 7) is 2.71. The second kappa shape index (κ2) is 4.99. The van der Waals surface area contributed by atoms with E-state index in [9.17, 15) is 9.59 Å². The molecule has 1 fully saturated rings. The molecular weight excluding hydrogens is 216 g/mol. The normalized spacial score (nSPS) is 17.0. The van der Waals surface area contributed by atoms with Crippen LogP contribution in [-0.4, -0.2) is 29.8 Å². The fourth-order valence-corrected chi connectivity index (χ4v) is 1.91. The summed E-state index contributed by atoms with van der Waals surface area (Å²) in [4.78, 5) is 24.5. The molecule has 0 spiro atoms. The van der Waals surface area contributed by atoms with E-state index < -0.39 is 0 Å². The molecule has 1 aromatic rings. The van der Waals surface area contributed by atoms with Crippen molar-refractivity contribution in [3.8, 4) is 0 Å². The Kier molecular flexibility index (Phi) is 3.42. The molecule has 1 aliphatic rings. The molecule has 0 aliphatic carbocycles. The first kappa shape index (κ1) is 11.6. The molecule has 1 N–H and O–H groups in total. The van der Waals surface area contributed by atoms with Gasteiger partial charge in [-0.25, -0.2) is 4.79 Å². The van der Waals surface area contributed by atoms with Gasteiger partial charge in [-0.2, -0.15) is 0 Å². The van der Waals surface area contributed by atoms with Crippen molar-refractivity contribution in [3.05, 3.63) is 35.9 Å². The number of nitrogens with one attached hydrogen (secondary N) is 1. The lowest BCUT2D eigenvalue weighted by atomic mass is 10.1. The molecule has 1 unspecified atom stereocenters. The summed E-state index contributed by atoms with van der Waals surface area (Å²) in [5.74, 6) is 0.132. The van der Waals surface area contributed by atoms with Crippen LogP contribution in [0, 0.1) is 0 Å². The van der Waals surface area contributed by atoms with Crippen LogP contribution in [0.1, 0.15) is 24.9 Å². The van der Waals surface area contributed by atoms with Gasteiger partial charge in [-0.05, 0) is 12.5 Å². The van der Waals surface area contributed by atoms with Crippen LogP contribution in [0.15, 0.2) is 30.3 Å². The molecule has 17 heavy (non-hydrogen) atoms. The van der Waals surface area contributed by atoms with Gasteiger partial charge >= 0.3 is 6.03 Å². The van der Waals surface area contributed by atoms with Crippen LogP contribution in [0.25, 0.3) is 0 Å². The molecule has 0 bridgehead atoms. The molecule has 1 aliphatic heterocycles. The van der Waals surface area contributed by atoms with Crippen molar-refractivity contribution in [2.75, 3.05) is 13.1 Å². The fraction of sp³-hybridized carbons (Fsp3) is 0.385. The van der Waals surface area contributed by atoms with E-state index in [1.165, 1.54) is 0 Å². The number of Topliss-reactive ketones (excluding diaryl/α,β-unsaturated/α-hetero) is 1. The van der Waals surface area contributed by atoms with E-state index in [1.54, 1.807) is 4.90 Å². The maximum absolute atomic E-state index is 11.8. The van der Waals surface area contributed by atoms with Gasteiger partial charge in [-0.1, -0.05) is 30.3 Å². The first-order chi connectivity index (χ1) is 8.16. The number of hydrogen-bond acceptors (Lipinski definition) is 2. The zero-order valence-electron chi connectivity index (χ0n) is 9.85. The van der Waals surface area contributed by atoms with Crippen LogP contribution < -0.4 is 5.32 Å². The van der Waals surface area contributed by atoms with Crippen LogP contribution in [0.2, 0.25) is 0 Å². The number of likely N-dealkylation sites (tertiary alicyclic amines) is 1. The van der Waals surface area contributed by atoms with Crippen LogP contribution >= 0.6 is 0 Å². The van der Waals surface area contributed by atoms with Crippen molar-refractivity contribution in [1.82, 2.24) is 10.2 Å². The average molecular weight is 232 g/mol. The zero-order chi connectivity index (χ0) is 12.3. The molecule has 1 heterocycles. The van der Waals surface area contributed by atoms with Crippen LogP contribution in [0.3, 0.4) is 0 Å². The molecule has 1 atom stereocenters. The molecule has 0 saturated carbocycles. The highest BCUT2D eigenvalue weighted by molar-refractivity contribution is 5.88. The Morgan fingerprint density at radius 1 is 1.35 bits per heavy atom. The molecule has 1 aromatic carbocycles. The molecule has 0 radical (unpaired) electrons. The highest BCUT2D eigenvalue weighted by atomic mass is 16.2. The highest BCUT2D eigenvalue weighted by Crippen LogP contribution is 2.12. The lowest BCUT2D eigenvalue weighted by Crippen LogP contribution is -2.39. The predicted molar refractivity (Wildman–Crippen MR) is 64.6 cm³/mol. The standard InChI is InChI=1S/C13H16N2O2/c1-10(11-5-3-2-4-6-11)14-13(17)15-8-7-12(16)9-15/h2-6,10H,7-9H2,1H3,(H,14,17). The third-order valence-electron chi connectivity index (χ3n) is 2.95. The Labute approximate surface area is 101 Å². The number of carbonyl (C=O) groups is 2. The Morgan fingerprint density at radius 3 is 2.65 bits per heavy atom. The van der Waals surface area contributed by atoms with E-state index in [2.05, 4.69) is 5.32 Å². The van der Waals surface area contributed by atoms with E-state index >= 15 is 0 Å². The first-order valence-corrected chi connectivity index (χ1v) is 5.79. The zero-order valence-corrected chi connectivity index (χ0v) is 9.85. The van der Waals surface area contributed by atoms with Crippen LogP contribution in [0.4, 0.5) is 4.79 Å². The largest absolute Gasteiger partial charge is 0.331 e. The van der Waals surface area contributed by atoms with Gasteiger partial charge in [-0.3, -0.25) is 4.79 Å². The summed E-state index contributed by atoms with van der Waals surface area (Å²) in [6, 6.07) is 9.57. The van der Waals surface area contributed by atoms with E-state index in [0.717, 1.165) is 5.56 Å². The average Bonchev–Trinajstić information content (AvgIpc) is 2.77. The van der Waals surface area contributed by atoms with Crippen molar-refractivity contribution in [1.29, 1.82) is 0 Å². The number of amides is 2. The minimum atomic E-state index is -0.160.